The zero-order valence-corrected chi connectivity index (χ0v) is 12.7. The van der Waals surface area contributed by atoms with Crippen molar-refractivity contribution in [2.24, 2.45) is 5.92 Å². The summed E-state index contributed by atoms with van der Waals surface area (Å²) in [5.41, 5.74) is 0. The van der Waals surface area contributed by atoms with E-state index in [2.05, 4.69) is 42.1 Å². The van der Waals surface area contributed by atoms with Crippen LogP contribution in [0, 0.1) is 17.8 Å². The molecule has 0 heterocycles. The average molecular weight is 250 g/mol. The highest BCUT2D eigenvalue weighted by Gasteiger charge is 2.01. The number of hydrogen-bond donors (Lipinski definition) is 0. The minimum Gasteiger partial charge on any atom is -0.299 e. The largest absolute Gasteiger partial charge is 0.299 e. The summed E-state index contributed by atoms with van der Waals surface area (Å²) in [4.78, 5) is 4.46. The Balaban J connectivity index is 3.83. The van der Waals surface area contributed by atoms with Crippen molar-refractivity contribution in [3.8, 4) is 11.8 Å². The topological polar surface area (TPSA) is 6.48 Å². The predicted molar refractivity (Wildman–Crippen MR) is 81.7 cm³/mol. The summed E-state index contributed by atoms with van der Waals surface area (Å²) in [6.07, 6.45) is 5.88. The summed E-state index contributed by atoms with van der Waals surface area (Å²) >= 11 is 0. The lowest BCUT2D eigenvalue weighted by Crippen LogP contribution is -2.25. The Labute approximate surface area is 114 Å². The van der Waals surface area contributed by atoms with Gasteiger partial charge in [0.05, 0.1) is 13.1 Å². The molecule has 0 unspecified atom stereocenters. The van der Waals surface area contributed by atoms with Crippen molar-refractivity contribution in [1.82, 2.24) is 9.80 Å². The summed E-state index contributed by atoms with van der Waals surface area (Å²) in [6.45, 7) is 12.2. The van der Waals surface area contributed by atoms with Gasteiger partial charge in [0.1, 0.15) is 0 Å². The highest BCUT2D eigenvalue weighted by Crippen LogP contribution is 2.06. The number of nitrogens with zero attached hydrogens (tertiary/aromatic N) is 2. The van der Waals surface area contributed by atoms with Crippen LogP contribution >= 0.6 is 0 Å². The maximum absolute atomic E-state index is 3.82. The molecule has 0 aromatic rings. The molecule has 0 atom stereocenters. The molecule has 0 saturated carbocycles. The molecule has 0 aromatic heterocycles. The molecule has 2 heteroatoms. The number of hydrogen-bond acceptors (Lipinski definition) is 2. The predicted octanol–water partition coefficient (Wildman–Crippen LogP) is 2.87. The summed E-state index contributed by atoms with van der Waals surface area (Å²) in [7, 11) is 4.09. The van der Waals surface area contributed by atoms with Crippen LogP contribution < -0.4 is 0 Å². The van der Waals surface area contributed by atoms with Gasteiger partial charge in [-0.1, -0.05) is 44.6 Å². The highest BCUT2D eigenvalue weighted by molar-refractivity contribution is 5.03. The molecule has 0 rings (SSSR count). The van der Waals surface area contributed by atoms with E-state index in [0.717, 1.165) is 32.1 Å². The van der Waals surface area contributed by atoms with E-state index in [4.69, 9.17) is 0 Å². The molecule has 0 spiro atoms. The summed E-state index contributed by atoms with van der Waals surface area (Å²) in [5, 5.41) is 0. The van der Waals surface area contributed by atoms with E-state index in [0.29, 0.717) is 0 Å². The Bertz CT molecular complexity index is 258. The van der Waals surface area contributed by atoms with Crippen molar-refractivity contribution in [3.05, 3.63) is 12.7 Å². The molecular formula is C16H30N2. The van der Waals surface area contributed by atoms with E-state index in [9.17, 15) is 0 Å². The molecule has 0 N–H and O–H groups in total. The van der Waals surface area contributed by atoms with Crippen LogP contribution in [0.15, 0.2) is 12.7 Å². The Morgan fingerprint density at radius 2 is 1.78 bits per heavy atom. The normalized spacial score (nSPS) is 10.8. The van der Waals surface area contributed by atoms with Crippen molar-refractivity contribution in [3.63, 3.8) is 0 Å². The quantitative estimate of drug-likeness (QED) is 0.353. The summed E-state index contributed by atoms with van der Waals surface area (Å²) in [5.74, 6) is 7.24. The van der Waals surface area contributed by atoms with Crippen LogP contribution in [-0.2, 0) is 0 Å². The lowest BCUT2D eigenvalue weighted by Gasteiger charge is -2.17. The van der Waals surface area contributed by atoms with Crippen molar-refractivity contribution in [2.75, 3.05) is 40.3 Å². The maximum Gasteiger partial charge on any atom is 0.0604 e. The van der Waals surface area contributed by atoms with Crippen molar-refractivity contribution in [2.45, 2.75) is 33.1 Å². The Kier molecular flexibility index (Phi) is 10.8. The maximum atomic E-state index is 3.82. The van der Waals surface area contributed by atoms with E-state index in [1.54, 1.807) is 0 Å². The third kappa shape index (κ3) is 11.7. The average Bonchev–Trinajstić information content (AvgIpc) is 2.29. The lowest BCUT2D eigenvalue weighted by molar-refractivity contribution is 0.325. The second-order valence-corrected chi connectivity index (χ2v) is 5.50. The minimum absolute atomic E-state index is 0.817. The van der Waals surface area contributed by atoms with Gasteiger partial charge in [0.2, 0.25) is 0 Å². The summed E-state index contributed by atoms with van der Waals surface area (Å²) < 4.78 is 0. The number of rotatable bonds is 9. The van der Waals surface area contributed by atoms with E-state index in [-0.39, 0.29) is 0 Å². The first-order valence-corrected chi connectivity index (χ1v) is 7.00. The van der Waals surface area contributed by atoms with Crippen LogP contribution in [0.5, 0.6) is 0 Å². The molecule has 2 nitrogen and oxygen atoms in total. The molecule has 0 radical (unpaired) electrons. The van der Waals surface area contributed by atoms with E-state index >= 15 is 0 Å². The highest BCUT2D eigenvalue weighted by atomic mass is 15.1. The van der Waals surface area contributed by atoms with Crippen LogP contribution in [0.4, 0.5) is 0 Å². The van der Waals surface area contributed by atoms with Gasteiger partial charge in [0.15, 0.2) is 0 Å². The lowest BCUT2D eigenvalue weighted by atomic mass is 10.1. The van der Waals surface area contributed by atoms with Crippen molar-refractivity contribution in [1.29, 1.82) is 0 Å². The van der Waals surface area contributed by atoms with Gasteiger partial charge < -0.3 is 0 Å². The molecule has 0 saturated heterocycles. The zero-order valence-electron chi connectivity index (χ0n) is 12.7. The van der Waals surface area contributed by atoms with Gasteiger partial charge in [-0.15, -0.1) is 6.58 Å². The third-order valence-electron chi connectivity index (χ3n) is 2.72. The van der Waals surface area contributed by atoms with E-state index < -0.39 is 0 Å². The first-order valence-electron chi connectivity index (χ1n) is 7.00. The van der Waals surface area contributed by atoms with Crippen LogP contribution in [0.1, 0.15) is 33.1 Å². The SMILES string of the molecule is C=CCN(CC#CCN(C)C)CCCCC(C)C. The van der Waals surface area contributed by atoms with Gasteiger partial charge in [0, 0.05) is 6.54 Å². The van der Waals surface area contributed by atoms with Crippen LogP contribution in [0.3, 0.4) is 0 Å². The van der Waals surface area contributed by atoms with E-state index in [1.165, 1.54) is 19.3 Å². The molecule has 0 aliphatic carbocycles. The third-order valence-corrected chi connectivity index (χ3v) is 2.72. The second kappa shape index (κ2) is 11.3. The van der Waals surface area contributed by atoms with E-state index in [1.807, 2.05) is 20.2 Å². The van der Waals surface area contributed by atoms with Crippen molar-refractivity contribution >= 4 is 0 Å². The monoisotopic (exact) mass is 250 g/mol. The van der Waals surface area contributed by atoms with Crippen LogP contribution in [-0.4, -0.2) is 50.1 Å². The first kappa shape index (κ1) is 17.2. The molecule has 0 aliphatic rings. The standard InChI is InChI=1S/C16H30N2/c1-6-12-18(14-8-7-11-16(2)3)15-10-9-13-17(4)5/h6,16H,1,7-8,11-15H2,2-5H3. The first-order chi connectivity index (χ1) is 8.56. The summed E-state index contributed by atoms with van der Waals surface area (Å²) in [6, 6.07) is 0. The van der Waals surface area contributed by atoms with Gasteiger partial charge in [-0.25, -0.2) is 0 Å². The molecule has 0 aliphatic heterocycles. The molecule has 18 heavy (non-hydrogen) atoms. The zero-order chi connectivity index (χ0) is 13.8. The Hall–Kier alpha value is -0.780. The fraction of sp³-hybridized carbons (Fsp3) is 0.750. The van der Waals surface area contributed by atoms with Gasteiger partial charge in [-0.2, -0.15) is 0 Å². The fourth-order valence-corrected chi connectivity index (χ4v) is 1.69. The Morgan fingerprint density at radius 3 is 2.33 bits per heavy atom. The smallest absolute Gasteiger partial charge is 0.0604 e. The molecule has 0 amide bonds. The Morgan fingerprint density at radius 1 is 1.11 bits per heavy atom. The molecule has 104 valence electrons. The molecular weight excluding hydrogens is 220 g/mol. The second-order valence-electron chi connectivity index (χ2n) is 5.50. The molecule has 0 bridgehead atoms. The number of unbranched alkanes of at least 4 members (excludes halogenated alkanes) is 1. The minimum atomic E-state index is 0.817. The molecule has 0 aromatic carbocycles. The van der Waals surface area contributed by atoms with Gasteiger partial charge >= 0.3 is 0 Å². The molecule has 0 fully saturated rings. The fourth-order valence-electron chi connectivity index (χ4n) is 1.69. The van der Waals surface area contributed by atoms with Gasteiger partial charge in [-0.3, -0.25) is 9.80 Å². The van der Waals surface area contributed by atoms with Crippen LogP contribution in [0.25, 0.3) is 0 Å². The van der Waals surface area contributed by atoms with Crippen molar-refractivity contribution < 1.29 is 0 Å². The van der Waals surface area contributed by atoms with Gasteiger partial charge in [0.25, 0.3) is 0 Å². The van der Waals surface area contributed by atoms with Gasteiger partial charge in [-0.05, 0) is 33.0 Å². The van der Waals surface area contributed by atoms with Crippen LogP contribution in [0.2, 0.25) is 0 Å².